The third-order valence-corrected chi connectivity index (χ3v) is 3.01. The first-order valence-electron chi connectivity index (χ1n) is 6.31. The molecule has 2 rings (SSSR count). The molecule has 0 aliphatic heterocycles. The molecule has 3 N–H and O–H groups in total. The second-order valence-corrected chi connectivity index (χ2v) is 4.54. The highest BCUT2D eigenvalue weighted by molar-refractivity contribution is 5.95. The number of aryl methyl sites for hydroxylation is 1. The standard InChI is InChI=1S/C16H18N2O2/c1-11-3-6-14(7-4-11)20-10-13-9-12(16(17)18)5-8-15(13)19-2/h3-9H,10H2,1-2H3,(H3,17,18). The van der Waals surface area contributed by atoms with Crippen LogP contribution < -0.4 is 15.2 Å². The normalized spacial score (nSPS) is 10.1. The van der Waals surface area contributed by atoms with Crippen molar-refractivity contribution in [2.24, 2.45) is 5.73 Å². The fraction of sp³-hybridized carbons (Fsp3) is 0.188. The smallest absolute Gasteiger partial charge is 0.125 e. The lowest BCUT2D eigenvalue weighted by molar-refractivity contribution is 0.296. The molecule has 0 radical (unpaired) electrons. The van der Waals surface area contributed by atoms with Gasteiger partial charge in [0.25, 0.3) is 0 Å². The molecule has 2 aromatic rings. The molecule has 0 saturated heterocycles. The predicted molar refractivity (Wildman–Crippen MR) is 79.5 cm³/mol. The number of nitrogen functional groups attached to an aromatic ring is 1. The van der Waals surface area contributed by atoms with E-state index in [4.69, 9.17) is 20.6 Å². The summed E-state index contributed by atoms with van der Waals surface area (Å²) in [5, 5.41) is 7.48. The highest BCUT2D eigenvalue weighted by atomic mass is 16.5. The van der Waals surface area contributed by atoms with E-state index in [9.17, 15) is 0 Å². The predicted octanol–water partition coefficient (Wildman–Crippen LogP) is 2.87. The third kappa shape index (κ3) is 3.29. The number of hydrogen-bond donors (Lipinski definition) is 2. The van der Waals surface area contributed by atoms with Crippen molar-refractivity contribution in [3.63, 3.8) is 0 Å². The lowest BCUT2D eigenvalue weighted by Crippen LogP contribution is -2.12. The number of nitrogens with one attached hydrogen (secondary N) is 1. The van der Waals surface area contributed by atoms with Gasteiger partial charge in [-0.3, -0.25) is 5.41 Å². The molecule has 0 unspecified atom stereocenters. The molecule has 20 heavy (non-hydrogen) atoms. The van der Waals surface area contributed by atoms with Crippen molar-refractivity contribution in [1.29, 1.82) is 5.41 Å². The molecule has 0 heterocycles. The molecule has 104 valence electrons. The Morgan fingerprint density at radius 1 is 1.15 bits per heavy atom. The van der Waals surface area contributed by atoms with Crippen molar-refractivity contribution in [3.8, 4) is 11.5 Å². The van der Waals surface area contributed by atoms with E-state index >= 15 is 0 Å². The molecule has 0 spiro atoms. The van der Waals surface area contributed by atoms with Gasteiger partial charge in [-0.05, 0) is 37.3 Å². The number of ether oxygens (including phenoxy) is 2. The number of amidine groups is 1. The Hall–Kier alpha value is -2.49. The van der Waals surface area contributed by atoms with Crippen molar-refractivity contribution in [1.82, 2.24) is 0 Å². The van der Waals surface area contributed by atoms with Crippen LogP contribution in [-0.2, 0) is 6.61 Å². The van der Waals surface area contributed by atoms with Crippen LogP contribution in [0.25, 0.3) is 0 Å². The van der Waals surface area contributed by atoms with Crippen molar-refractivity contribution < 1.29 is 9.47 Å². The molecular formula is C16H18N2O2. The topological polar surface area (TPSA) is 68.3 Å². The van der Waals surface area contributed by atoms with E-state index in [1.807, 2.05) is 37.3 Å². The maximum absolute atomic E-state index is 7.48. The third-order valence-electron chi connectivity index (χ3n) is 3.01. The van der Waals surface area contributed by atoms with Crippen molar-refractivity contribution in [2.45, 2.75) is 13.5 Å². The van der Waals surface area contributed by atoms with E-state index in [0.717, 1.165) is 17.1 Å². The molecule has 0 bridgehead atoms. The van der Waals surface area contributed by atoms with Crippen LogP contribution in [0.4, 0.5) is 0 Å². The summed E-state index contributed by atoms with van der Waals surface area (Å²) >= 11 is 0. The van der Waals surface area contributed by atoms with E-state index in [-0.39, 0.29) is 5.84 Å². The van der Waals surface area contributed by atoms with Gasteiger partial charge in [0.2, 0.25) is 0 Å². The maximum Gasteiger partial charge on any atom is 0.125 e. The maximum atomic E-state index is 7.48. The Bertz CT molecular complexity index is 606. The molecule has 2 aromatic carbocycles. The zero-order valence-electron chi connectivity index (χ0n) is 11.6. The van der Waals surface area contributed by atoms with Gasteiger partial charge in [-0.25, -0.2) is 0 Å². The Balaban J connectivity index is 2.16. The SMILES string of the molecule is COc1ccc(C(=N)N)cc1COc1ccc(C)cc1. The highest BCUT2D eigenvalue weighted by Gasteiger charge is 2.07. The average molecular weight is 270 g/mol. The molecule has 0 fully saturated rings. The van der Waals surface area contributed by atoms with Gasteiger partial charge in [-0.2, -0.15) is 0 Å². The van der Waals surface area contributed by atoms with Crippen molar-refractivity contribution in [2.75, 3.05) is 7.11 Å². The van der Waals surface area contributed by atoms with E-state index < -0.39 is 0 Å². The average Bonchev–Trinajstić information content (AvgIpc) is 2.46. The van der Waals surface area contributed by atoms with Crippen LogP contribution in [-0.4, -0.2) is 12.9 Å². The van der Waals surface area contributed by atoms with E-state index in [1.165, 1.54) is 5.56 Å². The zero-order valence-corrected chi connectivity index (χ0v) is 11.6. The minimum absolute atomic E-state index is 0.0317. The van der Waals surface area contributed by atoms with Crippen LogP contribution in [0.1, 0.15) is 16.7 Å². The number of benzene rings is 2. The first kappa shape index (κ1) is 13.9. The van der Waals surface area contributed by atoms with E-state index in [2.05, 4.69) is 0 Å². The van der Waals surface area contributed by atoms with Gasteiger partial charge in [0, 0.05) is 11.1 Å². The largest absolute Gasteiger partial charge is 0.496 e. The van der Waals surface area contributed by atoms with Gasteiger partial charge < -0.3 is 15.2 Å². The van der Waals surface area contributed by atoms with Crippen LogP contribution in [0.3, 0.4) is 0 Å². The molecule has 0 saturated carbocycles. The molecule has 0 aromatic heterocycles. The first-order valence-corrected chi connectivity index (χ1v) is 6.31. The Morgan fingerprint density at radius 2 is 1.85 bits per heavy atom. The summed E-state index contributed by atoms with van der Waals surface area (Å²) in [4.78, 5) is 0. The fourth-order valence-electron chi connectivity index (χ4n) is 1.85. The summed E-state index contributed by atoms with van der Waals surface area (Å²) in [6.45, 7) is 2.40. The molecule has 0 aliphatic carbocycles. The first-order chi connectivity index (χ1) is 9.60. The van der Waals surface area contributed by atoms with Crippen molar-refractivity contribution in [3.05, 3.63) is 59.2 Å². The lowest BCUT2D eigenvalue weighted by atomic mass is 10.1. The molecule has 0 aliphatic rings. The zero-order chi connectivity index (χ0) is 14.5. The van der Waals surface area contributed by atoms with Gasteiger partial charge in [0.05, 0.1) is 7.11 Å². The Morgan fingerprint density at radius 3 is 2.45 bits per heavy atom. The van der Waals surface area contributed by atoms with Crippen LogP contribution in [0.15, 0.2) is 42.5 Å². The number of nitrogens with two attached hydrogens (primary N) is 1. The number of methoxy groups -OCH3 is 1. The minimum Gasteiger partial charge on any atom is -0.496 e. The van der Waals surface area contributed by atoms with Gasteiger partial charge >= 0.3 is 0 Å². The highest BCUT2D eigenvalue weighted by Crippen LogP contribution is 2.22. The monoisotopic (exact) mass is 270 g/mol. The summed E-state index contributed by atoms with van der Waals surface area (Å²) < 4.78 is 11.0. The van der Waals surface area contributed by atoms with Gasteiger partial charge in [0.1, 0.15) is 23.9 Å². The molecule has 4 nitrogen and oxygen atoms in total. The fourth-order valence-corrected chi connectivity index (χ4v) is 1.85. The van der Waals surface area contributed by atoms with Gasteiger partial charge in [0.15, 0.2) is 0 Å². The van der Waals surface area contributed by atoms with E-state index in [0.29, 0.717) is 12.2 Å². The van der Waals surface area contributed by atoms with Crippen LogP contribution in [0.2, 0.25) is 0 Å². The summed E-state index contributed by atoms with van der Waals surface area (Å²) in [6, 6.07) is 13.2. The second-order valence-electron chi connectivity index (χ2n) is 4.54. The second kappa shape index (κ2) is 6.10. The number of rotatable bonds is 5. The summed E-state index contributed by atoms with van der Waals surface area (Å²) in [6.07, 6.45) is 0. The van der Waals surface area contributed by atoms with Gasteiger partial charge in [-0.15, -0.1) is 0 Å². The van der Waals surface area contributed by atoms with Crippen LogP contribution in [0, 0.1) is 12.3 Å². The molecule has 0 atom stereocenters. The van der Waals surface area contributed by atoms with Gasteiger partial charge in [-0.1, -0.05) is 17.7 Å². The summed E-state index contributed by atoms with van der Waals surface area (Å²) in [7, 11) is 1.61. The lowest BCUT2D eigenvalue weighted by Gasteiger charge is -2.12. The summed E-state index contributed by atoms with van der Waals surface area (Å²) in [5.74, 6) is 1.55. The van der Waals surface area contributed by atoms with Crippen LogP contribution >= 0.6 is 0 Å². The Labute approximate surface area is 118 Å². The number of hydrogen-bond acceptors (Lipinski definition) is 3. The minimum atomic E-state index is 0.0317. The van der Waals surface area contributed by atoms with Crippen LogP contribution in [0.5, 0.6) is 11.5 Å². The van der Waals surface area contributed by atoms with Crippen molar-refractivity contribution >= 4 is 5.84 Å². The van der Waals surface area contributed by atoms with E-state index in [1.54, 1.807) is 19.2 Å². The molecule has 4 heteroatoms. The molecule has 0 amide bonds. The molecular weight excluding hydrogens is 252 g/mol. The quantitative estimate of drug-likeness (QED) is 0.648. The summed E-state index contributed by atoms with van der Waals surface area (Å²) in [5.41, 5.74) is 8.21. The Kier molecular flexibility index (Phi) is 4.25.